The van der Waals surface area contributed by atoms with Gasteiger partial charge in [-0.2, -0.15) is 5.26 Å². The Hall–Kier alpha value is -0.986. The molecule has 0 aliphatic rings. The van der Waals surface area contributed by atoms with Gasteiger partial charge in [0.1, 0.15) is 11.9 Å². The maximum atomic E-state index is 13.3. The summed E-state index contributed by atoms with van der Waals surface area (Å²) in [6.45, 7) is 4.00. The van der Waals surface area contributed by atoms with Gasteiger partial charge in [-0.15, -0.1) is 0 Å². The van der Waals surface area contributed by atoms with Gasteiger partial charge in [0.15, 0.2) is 5.69 Å². The smallest absolute Gasteiger partial charge is 0.160 e. The maximum absolute atomic E-state index is 13.3. The summed E-state index contributed by atoms with van der Waals surface area (Å²) in [5, 5.41) is 8.48. The molecular formula is C11H12FN3OY-2. The van der Waals surface area contributed by atoms with Crippen molar-refractivity contribution in [3.63, 3.8) is 0 Å². The van der Waals surface area contributed by atoms with Crippen molar-refractivity contribution < 1.29 is 37.1 Å². The predicted molar refractivity (Wildman–Crippen MR) is 60.3 cm³/mol. The van der Waals surface area contributed by atoms with Crippen LogP contribution in [-0.4, -0.2) is 4.98 Å². The molecule has 0 fully saturated rings. The number of imidazole rings is 1. The molecule has 1 heterocycles. The fraction of sp³-hybridized carbons (Fsp3) is 0.182. The first kappa shape index (κ1) is 18.4. The van der Waals surface area contributed by atoms with Gasteiger partial charge < -0.3 is 17.4 Å². The van der Waals surface area contributed by atoms with E-state index in [4.69, 9.17) is 5.26 Å². The van der Waals surface area contributed by atoms with Crippen molar-refractivity contribution in [1.82, 2.24) is 9.97 Å². The van der Waals surface area contributed by atoms with Crippen LogP contribution in [0.15, 0.2) is 16.9 Å². The van der Waals surface area contributed by atoms with Gasteiger partial charge in [0.25, 0.3) is 0 Å². The number of aromatic amines is 1. The summed E-state index contributed by atoms with van der Waals surface area (Å²) in [6.07, 6.45) is 0. The fourth-order valence-corrected chi connectivity index (χ4v) is 1.11. The Morgan fingerprint density at radius 2 is 2.00 bits per heavy atom. The molecule has 1 radical (unpaired) electrons. The number of rotatable bonds is 0. The summed E-state index contributed by atoms with van der Waals surface area (Å²) in [4.78, 5) is 16.4. The number of hydrogen-bond acceptors (Lipinski definition) is 2. The summed E-state index contributed by atoms with van der Waals surface area (Å²) in [5.74, 6) is -0.727. The largest absolute Gasteiger partial charge is 0.421 e. The van der Waals surface area contributed by atoms with Gasteiger partial charge in [0, 0.05) is 32.7 Å². The van der Waals surface area contributed by atoms with E-state index in [1.807, 2.05) is 13.8 Å². The van der Waals surface area contributed by atoms with Crippen LogP contribution in [0.4, 0.5) is 4.39 Å². The van der Waals surface area contributed by atoms with Crippen molar-refractivity contribution in [2.75, 3.05) is 0 Å². The number of fused-ring (bicyclic) bond motifs is 1. The standard InChI is InChI=1S/C8H4FN3O.C2H6.CH3.Y/c9-6-4(3-10)1-2-5-7(6)12-8(13)11-5;1-2;;/h1-2H,(H2,11,12,13);1-2H3;1H3;/q;;-1;/p-1. The molecule has 6 heteroatoms. The second-order valence-corrected chi connectivity index (χ2v) is 2.47. The molecule has 1 aromatic heterocycles. The van der Waals surface area contributed by atoms with Crippen molar-refractivity contribution >= 4 is 11.0 Å². The summed E-state index contributed by atoms with van der Waals surface area (Å²) < 4.78 is 13.3. The number of H-pyrrole nitrogens is 1. The van der Waals surface area contributed by atoms with E-state index in [0.717, 1.165) is 0 Å². The molecule has 2 rings (SSSR count). The molecule has 4 nitrogen and oxygen atoms in total. The molecule has 0 amide bonds. The minimum absolute atomic E-state index is 0. The molecule has 0 saturated carbocycles. The number of aromatic nitrogens is 2. The van der Waals surface area contributed by atoms with Crippen molar-refractivity contribution in [3.8, 4) is 6.07 Å². The molecule has 2 aromatic rings. The van der Waals surface area contributed by atoms with Crippen molar-refractivity contribution in [2.24, 2.45) is 0 Å². The molecule has 0 saturated heterocycles. The first-order valence-corrected chi connectivity index (χ1v) is 4.47. The Morgan fingerprint density at radius 3 is 2.53 bits per heavy atom. The van der Waals surface area contributed by atoms with Crippen LogP contribution in [0.2, 0.25) is 0 Å². The Morgan fingerprint density at radius 1 is 1.41 bits per heavy atom. The van der Waals surface area contributed by atoms with Crippen LogP contribution in [0.1, 0.15) is 19.4 Å². The van der Waals surface area contributed by atoms with E-state index >= 15 is 0 Å². The topological polar surface area (TPSA) is 70.8 Å². The van der Waals surface area contributed by atoms with Gasteiger partial charge in [-0.25, -0.2) is 4.39 Å². The van der Waals surface area contributed by atoms with Gasteiger partial charge in [0.2, 0.25) is 0 Å². The third-order valence-electron chi connectivity index (χ3n) is 1.69. The number of hydrogen-bond donors (Lipinski definition) is 1. The molecule has 0 unspecified atom stereocenters. The Labute approximate surface area is 124 Å². The quantitative estimate of drug-likeness (QED) is 0.756. The zero-order valence-corrected chi connectivity index (χ0v) is 12.8. The monoisotopic (exact) mass is 310 g/mol. The average Bonchev–Trinajstić information content (AvgIpc) is 2.63. The van der Waals surface area contributed by atoms with Gasteiger partial charge in [-0.3, -0.25) is 4.79 Å². The minimum Gasteiger partial charge on any atom is -0.421 e. The van der Waals surface area contributed by atoms with Crippen LogP contribution < -0.4 is 10.7 Å². The fourth-order valence-electron chi connectivity index (χ4n) is 1.11. The second-order valence-electron chi connectivity index (χ2n) is 2.47. The third kappa shape index (κ3) is 3.76. The van der Waals surface area contributed by atoms with E-state index in [2.05, 4.69) is 9.97 Å². The second kappa shape index (κ2) is 8.16. The zero-order valence-electron chi connectivity index (χ0n) is 9.91. The predicted octanol–water partition coefficient (Wildman–Crippen LogP) is 1.97. The summed E-state index contributed by atoms with van der Waals surface area (Å²) >= 11 is 0. The minimum atomic E-state index is -0.727. The van der Waals surface area contributed by atoms with E-state index < -0.39 is 11.5 Å². The first-order chi connectivity index (χ1) is 7.22. The maximum Gasteiger partial charge on any atom is 0.160 e. The van der Waals surface area contributed by atoms with Crippen LogP contribution in [0.3, 0.4) is 0 Å². The Balaban J connectivity index is 0. The van der Waals surface area contributed by atoms with E-state index in [9.17, 15) is 9.18 Å². The molecule has 0 aliphatic heterocycles. The molecular weight excluding hydrogens is 298 g/mol. The average molecular weight is 310 g/mol. The summed E-state index contributed by atoms with van der Waals surface area (Å²) in [7, 11) is 0. The summed E-state index contributed by atoms with van der Waals surface area (Å²) in [5.41, 5.74) is -0.481. The van der Waals surface area contributed by atoms with Crippen LogP contribution in [0.5, 0.6) is 0 Å². The van der Waals surface area contributed by atoms with E-state index in [1.165, 1.54) is 12.1 Å². The SMILES string of the molecule is CC.N#Cc1ccc2[n-]c(=O)[nH]c2c1F.[CH3-].[Y]. The van der Waals surface area contributed by atoms with Gasteiger partial charge >= 0.3 is 0 Å². The van der Waals surface area contributed by atoms with Crippen molar-refractivity contribution in [3.05, 3.63) is 41.4 Å². The molecule has 0 bridgehead atoms. The number of halogens is 1. The molecule has 0 aliphatic carbocycles. The molecule has 1 N–H and O–H groups in total. The van der Waals surface area contributed by atoms with Crippen molar-refractivity contribution in [1.29, 1.82) is 5.26 Å². The van der Waals surface area contributed by atoms with Crippen LogP contribution in [0, 0.1) is 24.6 Å². The van der Waals surface area contributed by atoms with Crippen molar-refractivity contribution in [2.45, 2.75) is 13.8 Å². The number of nitriles is 1. The molecule has 17 heavy (non-hydrogen) atoms. The first-order valence-electron chi connectivity index (χ1n) is 4.47. The third-order valence-corrected chi connectivity index (χ3v) is 1.69. The number of nitrogens with zero attached hydrogens (tertiary/aromatic N) is 2. The van der Waals surface area contributed by atoms with Crippen LogP contribution >= 0.6 is 0 Å². The normalized spacial score (nSPS) is 8.12. The van der Waals surface area contributed by atoms with E-state index in [-0.39, 0.29) is 56.7 Å². The van der Waals surface area contributed by atoms with Gasteiger partial charge in [-0.05, 0) is 17.1 Å². The van der Waals surface area contributed by atoms with Crippen LogP contribution in [-0.2, 0) is 32.7 Å². The number of nitrogens with one attached hydrogen (secondary N) is 1. The molecule has 89 valence electrons. The molecule has 0 spiro atoms. The Bertz CT molecular complexity index is 568. The Kier molecular flexibility index (Phi) is 8.82. The molecule has 1 aromatic carbocycles. The van der Waals surface area contributed by atoms with E-state index in [0.29, 0.717) is 0 Å². The molecule has 0 atom stereocenters. The van der Waals surface area contributed by atoms with Gasteiger partial charge in [-0.1, -0.05) is 19.9 Å². The van der Waals surface area contributed by atoms with Gasteiger partial charge in [0.05, 0.1) is 5.56 Å². The number of benzene rings is 1. The van der Waals surface area contributed by atoms with Crippen LogP contribution in [0.25, 0.3) is 11.0 Å². The zero-order chi connectivity index (χ0) is 11.4. The van der Waals surface area contributed by atoms with E-state index in [1.54, 1.807) is 6.07 Å². The summed E-state index contributed by atoms with van der Waals surface area (Å²) in [6, 6.07) is 4.39.